The largest absolute Gasteiger partial charge is 0.341 e. The lowest BCUT2D eigenvalue weighted by Gasteiger charge is -2.19. The molecule has 0 aliphatic rings. The van der Waals surface area contributed by atoms with Crippen molar-refractivity contribution < 1.29 is 9.72 Å². The summed E-state index contributed by atoms with van der Waals surface area (Å²) in [6.45, 7) is 5.16. The summed E-state index contributed by atoms with van der Waals surface area (Å²) >= 11 is 0. The van der Waals surface area contributed by atoms with Crippen molar-refractivity contribution >= 4 is 17.4 Å². The lowest BCUT2D eigenvalue weighted by Crippen LogP contribution is -2.26. The molecule has 2 aromatic heterocycles. The zero-order valence-corrected chi connectivity index (χ0v) is 15.4. The Kier molecular flexibility index (Phi) is 5.64. The fraction of sp³-hybridized carbons (Fsp3) is 0.211. The van der Waals surface area contributed by atoms with Gasteiger partial charge in [-0.25, -0.2) is 4.98 Å². The molecule has 9 heteroatoms. The molecule has 0 fully saturated rings. The molecule has 0 spiro atoms. The van der Waals surface area contributed by atoms with Crippen LogP contribution < -0.4 is 4.90 Å². The number of nitro benzene ring substituents is 1. The fourth-order valence-corrected chi connectivity index (χ4v) is 2.63. The van der Waals surface area contributed by atoms with E-state index in [1.54, 1.807) is 30.5 Å². The number of aromatic nitrogens is 4. The smallest absolute Gasteiger partial charge is 0.270 e. The Morgan fingerprint density at radius 3 is 2.54 bits per heavy atom. The second-order valence-electron chi connectivity index (χ2n) is 5.83. The van der Waals surface area contributed by atoms with Gasteiger partial charge < -0.3 is 4.90 Å². The molecule has 1 aromatic carbocycles. The van der Waals surface area contributed by atoms with Crippen molar-refractivity contribution in [3.63, 3.8) is 0 Å². The Balaban J connectivity index is 2.14. The molecule has 9 nitrogen and oxygen atoms in total. The van der Waals surface area contributed by atoms with Crippen LogP contribution in [0.1, 0.15) is 30.0 Å². The van der Waals surface area contributed by atoms with Gasteiger partial charge in [-0.2, -0.15) is 9.97 Å². The van der Waals surface area contributed by atoms with E-state index in [0.717, 1.165) is 0 Å². The van der Waals surface area contributed by atoms with E-state index in [9.17, 15) is 14.9 Å². The van der Waals surface area contributed by atoms with Crippen LogP contribution in [0.15, 0.2) is 48.8 Å². The Labute approximate surface area is 161 Å². The average molecular weight is 378 g/mol. The maximum absolute atomic E-state index is 12.8. The number of non-ortho nitro benzene ring substituents is 1. The summed E-state index contributed by atoms with van der Waals surface area (Å²) < 4.78 is 0. The Morgan fingerprint density at radius 1 is 1.11 bits per heavy atom. The second kappa shape index (κ2) is 8.30. The van der Waals surface area contributed by atoms with Crippen molar-refractivity contribution in [3.8, 4) is 11.4 Å². The molecular formula is C19H18N6O3. The van der Waals surface area contributed by atoms with Gasteiger partial charge in [-0.05, 0) is 26.0 Å². The number of carbonyl (C=O) groups is 1. The number of anilines is 1. The highest BCUT2D eigenvalue weighted by atomic mass is 16.6. The topological polar surface area (TPSA) is 115 Å². The van der Waals surface area contributed by atoms with Gasteiger partial charge in [-0.1, -0.05) is 12.1 Å². The number of ketones is 1. The van der Waals surface area contributed by atoms with Crippen molar-refractivity contribution in [2.24, 2.45) is 0 Å². The highest BCUT2D eigenvalue weighted by Gasteiger charge is 2.19. The number of nitro groups is 1. The lowest BCUT2D eigenvalue weighted by molar-refractivity contribution is -0.384. The first-order chi connectivity index (χ1) is 13.5. The average Bonchev–Trinajstić information content (AvgIpc) is 2.74. The van der Waals surface area contributed by atoms with Crippen molar-refractivity contribution in [1.29, 1.82) is 0 Å². The normalized spacial score (nSPS) is 10.5. The highest BCUT2D eigenvalue weighted by Crippen LogP contribution is 2.23. The molecule has 0 unspecified atom stereocenters. The molecular weight excluding hydrogens is 360 g/mol. The van der Waals surface area contributed by atoms with Gasteiger partial charge in [0.1, 0.15) is 0 Å². The van der Waals surface area contributed by atoms with E-state index in [1.165, 1.54) is 18.3 Å². The molecule has 3 rings (SSSR count). The molecule has 0 aliphatic carbocycles. The molecule has 0 N–H and O–H groups in total. The predicted octanol–water partition coefficient (Wildman–Crippen LogP) is 2.92. The Bertz CT molecular complexity index is 1010. The van der Waals surface area contributed by atoms with Crippen LogP contribution in [0.5, 0.6) is 0 Å². The highest BCUT2D eigenvalue weighted by molar-refractivity contribution is 6.06. The second-order valence-corrected chi connectivity index (χ2v) is 5.83. The summed E-state index contributed by atoms with van der Waals surface area (Å²) in [5.74, 6) is 0.114. The van der Waals surface area contributed by atoms with Crippen LogP contribution in [0, 0.1) is 10.1 Å². The third-order valence-electron chi connectivity index (χ3n) is 4.11. The van der Waals surface area contributed by atoms with E-state index >= 15 is 0 Å². The van der Waals surface area contributed by atoms with E-state index in [2.05, 4.69) is 19.9 Å². The van der Waals surface area contributed by atoms with Crippen molar-refractivity contribution in [2.45, 2.75) is 13.8 Å². The van der Waals surface area contributed by atoms with Gasteiger partial charge in [0, 0.05) is 48.7 Å². The van der Waals surface area contributed by atoms with Gasteiger partial charge in [-0.3, -0.25) is 19.9 Å². The standard InChI is InChI=1S/C19H18N6O3/c1-3-24(4-2)19-22-17(13-7-5-9-15(11-13)25(27)28)21-18(23-19)16(26)14-8-6-10-20-12-14/h5-12H,3-4H2,1-2H3. The molecule has 142 valence electrons. The van der Waals surface area contributed by atoms with Crippen LogP contribution in [0.3, 0.4) is 0 Å². The molecule has 0 aliphatic heterocycles. The van der Waals surface area contributed by atoms with Gasteiger partial charge in [0.25, 0.3) is 5.69 Å². The molecule has 0 saturated carbocycles. The maximum atomic E-state index is 12.8. The SMILES string of the molecule is CCN(CC)c1nc(C(=O)c2cccnc2)nc(-c2cccc([N+](=O)[O-])c2)n1. The van der Waals surface area contributed by atoms with E-state index in [4.69, 9.17) is 0 Å². The van der Waals surface area contributed by atoms with Gasteiger partial charge in [0.05, 0.1) is 4.92 Å². The van der Waals surface area contributed by atoms with Gasteiger partial charge in [0.2, 0.25) is 17.6 Å². The first-order valence-electron chi connectivity index (χ1n) is 8.74. The molecule has 0 amide bonds. The molecule has 0 saturated heterocycles. The van der Waals surface area contributed by atoms with Crippen LogP contribution >= 0.6 is 0 Å². The zero-order valence-electron chi connectivity index (χ0n) is 15.4. The molecule has 0 atom stereocenters. The van der Waals surface area contributed by atoms with Crippen LogP contribution in [0.4, 0.5) is 11.6 Å². The van der Waals surface area contributed by atoms with Crippen LogP contribution in [0.2, 0.25) is 0 Å². The predicted molar refractivity (Wildman–Crippen MR) is 103 cm³/mol. The minimum absolute atomic E-state index is 0.0357. The first-order valence-corrected chi connectivity index (χ1v) is 8.74. The van der Waals surface area contributed by atoms with Crippen molar-refractivity contribution in [1.82, 2.24) is 19.9 Å². The summed E-state index contributed by atoms with van der Waals surface area (Å²) in [5.41, 5.74) is 0.705. The Hall–Kier alpha value is -3.75. The number of hydrogen-bond acceptors (Lipinski definition) is 8. The van der Waals surface area contributed by atoms with Crippen LogP contribution in [-0.4, -0.2) is 43.7 Å². The van der Waals surface area contributed by atoms with E-state index in [1.807, 2.05) is 18.7 Å². The van der Waals surface area contributed by atoms with E-state index < -0.39 is 10.7 Å². The number of pyridine rings is 1. The summed E-state index contributed by atoms with van der Waals surface area (Å²) in [5, 5.41) is 11.1. The minimum Gasteiger partial charge on any atom is -0.341 e. The fourth-order valence-electron chi connectivity index (χ4n) is 2.63. The van der Waals surface area contributed by atoms with Gasteiger partial charge in [0.15, 0.2) is 5.82 Å². The number of rotatable bonds is 7. The van der Waals surface area contributed by atoms with Crippen molar-refractivity contribution in [3.05, 3.63) is 70.3 Å². The lowest BCUT2D eigenvalue weighted by atomic mass is 10.1. The Morgan fingerprint density at radius 2 is 1.89 bits per heavy atom. The third-order valence-corrected chi connectivity index (χ3v) is 4.11. The third kappa shape index (κ3) is 3.98. The van der Waals surface area contributed by atoms with E-state index in [-0.39, 0.29) is 17.3 Å². The summed E-state index contributed by atoms with van der Waals surface area (Å²) in [4.78, 5) is 42.3. The number of nitrogens with zero attached hydrogens (tertiary/aromatic N) is 6. The molecule has 0 bridgehead atoms. The number of benzene rings is 1. The monoisotopic (exact) mass is 378 g/mol. The quantitative estimate of drug-likeness (QED) is 0.350. The first kappa shape index (κ1) is 19.0. The van der Waals surface area contributed by atoms with E-state index in [0.29, 0.717) is 30.2 Å². The summed E-state index contributed by atoms with van der Waals surface area (Å²) in [6.07, 6.45) is 3.01. The van der Waals surface area contributed by atoms with Gasteiger partial charge in [-0.15, -0.1) is 0 Å². The summed E-state index contributed by atoms with van der Waals surface area (Å²) in [7, 11) is 0. The molecule has 28 heavy (non-hydrogen) atoms. The minimum atomic E-state index is -0.488. The summed E-state index contributed by atoms with van der Waals surface area (Å²) in [6, 6.07) is 9.26. The van der Waals surface area contributed by atoms with Gasteiger partial charge >= 0.3 is 0 Å². The molecule has 3 aromatic rings. The number of hydrogen-bond donors (Lipinski definition) is 0. The molecule has 0 radical (unpaired) electrons. The maximum Gasteiger partial charge on any atom is 0.270 e. The number of carbonyl (C=O) groups excluding carboxylic acids is 1. The van der Waals surface area contributed by atoms with Crippen molar-refractivity contribution in [2.75, 3.05) is 18.0 Å². The zero-order chi connectivity index (χ0) is 20.1. The van der Waals surface area contributed by atoms with Crippen LogP contribution in [0.25, 0.3) is 11.4 Å². The molecule has 2 heterocycles. The van der Waals surface area contributed by atoms with Crippen LogP contribution in [-0.2, 0) is 0 Å².